The number of nitrogens with two attached hydrogens (primary N) is 1. The first-order valence-electron chi connectivity index (χ1n) is 13.2. The van der Waals surface area contributed by atoms with Crippen molar-refractivity contribution in [3.05, 3.63) is 64.4 Å². The van der Waals surface area contributed by atoms with Gasteiger partial charge in [-0.25, -0.2) is 18.5 Å². The minimum atomic E-state index is -3.77. The van der Waals surface area contributed by atoms with Crippen molar-refractivity contribution >= 4 is 38.6 Å². The van der Waals surface area contributed by atoms with Crippen molar-refractivity contribution in [3.8, 4) is 0 Å². The van der Waals surface area contributed by atoms with Crippen molar-refractivity contribution in [3.63, 3.8) is 0 Å². The molecule has 2 bridgehead atoms. The molecule has 0 aliphatic heterocycles. The molecule has 0 radical (unpaired) electrons. The molecule has 5 atom stereocenters. The third kappa shape index (κ3) is 5.67. The molecular formula is C28H34N4O4S2. The van der Waals surface area contributed by atoms with Crippen LogP contribution in [-0.4, -0.2) is 35.2 Å². The van der Waals surface area contributed by atoms with Gasteiger partial charge in [-0.1, -0.05) is 42.4 Å². The number of carbonyl (C=O) groups is 1. The maximum absolute atomic E-state index is 13.4. The summed E-state index contributed by atoms with van der Waals surface area (Å²) in [7, 11) is -3.77. The number of hydrogen-bond acceptors (Lipinski definition) is 6. The van der Waals surface area contributed by atoms with Crippen LogP contribution in [0.1, 0.15) is 45.1 Å². The molecule has 1 aromatic heterocycles. The number of nitrogens with one attached hydrogen (secondary N) is 1. The van der Waals surface area contributed by atoms with Crippen molar-refractivity contribution in [2.45, 2.75) is 73.8 Å². The SMILES string of the molecule is C[C@H](Sc1nc2ccccc2c(=O)n1CCc1ccc(S(N)(=O)=O)cc1)C(=O)N[C@@H](C)[C@@H]1C[C@@H]2CC[C@@H]1C2. The first kappa shape index (κ1) is 26.9. The second kappa shape index (κ2) is 10.8. The number of carbonyl (C=O) groups excluding carboxylic acids is 1. The molecule has 1 amide bonds. The van der Waals surface area contributed by atoms with Crippen molar-refractivity contribution in [1.82, 2.24) is 14.9 Å². The molecule has 2 fully saturated rings. The summed E-state index contributed by atoms with van der Waals surface area (Å²) in [6.45, 7) is 4.31. The molecule has 0 spiro atoms. The third-order valence-electron chi connectivity index (χ3n) is 8.16. The van der Waals surface area contributed by atoms with Gasteiger partial charge in [-0.2, -0.15) is 0 Å². The Morgan fingerprint density at radius 3 is 2.53 bits per heavy atom. The van der Waals surface area contributed by atoms with E-state index in [2.05, 4.69) is 12.2 Å². The first-order valence-corrected chi connectivity index (χ1v) is 15.6. The topological polar surface area (TPSA) is 124 Å². The Morgan fingerprint density at radius 1 is 1.13 bits per heavy atom. The average molecular weight is 555 g/mol. The molecule has 2 aliphatic carbocycles. The summed E-state index contributed by atoms with van der Waals surface area (Å²) < 4.78 is 24.7. The Morgan fingerprint density at radius 2 is 1.87 bits per heavy atom. The lowest BCUT2D eigenvalue weighted by atomic mass is 9.84. The lowest BCUT2D eigenvalue weighted by Crippen LogP contribution is -2.43. The summed E-state index contributed by atoms with van der Waals surface area (Å²) in [5, 5.41) is 9.02. The van der Waals surface area contributed by atoms with E-state index in [4.69, 9.17) is 10.1 Å². The fourth-order valence-electron chi connectivity index (χ4n) is 6.09. The van der Waals surface area contributed by atoms with Gasteiger partial charge in [0, 0.05) is 12.6 Å². The lowest BCUT2D eigenvalue weighted by Gasteiger charge is -2.29. The van der Waals surface area contributed by atoms with Gasteiger partial charge in [0.05, 0.1) is 21.0 Å². The number of thioether (sulfide) groups is 1. The van der Waals surface area contributed by atoms with Gasteiger partial charge in [-0.05, 0) is 87.1 Å². The molecular weight excluding hydrogens is 520 g/mol. The number of benzene rings is 2. The molecule has 2 aliphatic rings. The van der Waals surface area contributed by atoms with Crippen LogP contribution in [-0.2, 0) is 27.8 Å². The second-order valence-electron chi connectivity index (χ2n) is 10.7. The summed E-state index contributed by atoms with van der Waals surface area (Å²) in [6, 6.07) is 13.7. The quantitative estimate of drug-likeness (QED) is 0.307. The van der Waals surface area contributed by atoms with Gasteiger partial charge in [0.25, 0.3) is 5.56 Å². The molecule has 38 heavy (non-hydrogen) atoms. The van der Waals surface area contributed by atoms with E-state index >= 15 is 0 Å². The zero-order valence-corrected chi connectivity index (χ0v) is 23.3. The Bertz CT molecular complexity index is 1500. The highest BCUT2D eigenvalue weighted by Gasteiger charge is 2.42. The summed E-state index contributed by atoms with van der Waals surface area (Å²) in [5.74, 6) is 2.05. The van der Waals surface area contributed by atoms with Crippen LogP contribution < -0.4 is 16.0 Å². The van der Waals surface area contributed by atoms with E-state index in [1.807, 2.05) is 19.1 Å². The van der Waals surface area contributed by atoms with Crippen LogP contribution in [0, 0.1) is 17.8 Å². The monoisotopic (exact) mass is 554 g/mol. The van der Waals surface area contributed by atoms with Gasteiger partial charge >= 0.3 is 0 Å². The molecule has 2 aromatic carbocycles. The molecule has 10 heteroatoms. The van der Waals surface area contributed by atoms with Crippen LogP contribution in [0.2, 0.25) is 0 Å². The molecule has 3 aromatic rings. The Kier molecular flexibility index (Phi) is 7.66. The van der Waals surface area contributed by atoms with Crippen molar-refractivity contribution in [2.75, 3.05) is 0 Å². The van der Waals surface area contributed by atoms with Crippen LogP contribution in [0.3, 0.4) is 0 Å². The Hall–Kier alpha value is -2.69. The molecule has 0 unspecified atom stereocenters. The summed E-state index contributed by atoms with van der Waals surface area (Å²) >= 11 is 1.29. The van der Waals surface area contributed by atoms with Crippen LogP contribution in [0.15, 0.2) is 63.4 Å². The zero-order chi connectivity index (χ0) is 27.0. The smallest absolute Gasteiger partial charge is 0.262 e. The fraction of sp³-hybridized carbons (Fsp3) is 0.464. The minimum absolute atomic E-state index is 0.0431. The normalized spacial score (nSPS) is 22.4. The van der Waals surface area contributed by atoms with Gasteiger partial charge < -0.3 is 5.32 Å². The van der Waals surface area contributed by atoms with Crippen LogP contribution in [0.5, 0.6) is 0 Å². The van der Waals surface area contributed by atoms with Gasteiger partial charge in [-0.15, -0.1) is 0 Å². The number of rotatable bonds is 9. The standard InChI is InChI=1S/C28H34N4O4S2/c1-17(24-16-20-7-10-21(24)15-20)30-26(33)18(2)37-28-31-25-6-4-3-5-23(25)27(34)32(28)14-13-19-8-11-22(12-9-19)38(29,35)36/h3-6,8-9,11-12,17-18,20-21,24H,7,10,13-16H2,1-2H3,(H,30,33)(H2,29,35,36)/t17-,18-,20+,21+,24-/m0/s1. The van der Waals surface area contributed by atoms with Crippen LogP contribution in [0.25, 0.3) is 10.9 Å². The van der Waals surface area contributed by atoms with E-state index < -0.39 is 15.3 Å². The predicted octanol–water partition coefficient (Wildman–Crippen LogP) is 3.71. The number of nitrogens with zero attached hydrogens (tertiary/aromatic N) is 2. The number of aryl methyl sites for hydroxylation is 1. The van der Waals surface area contributed by atoms with Gasteiger partial charge in [-0.3, -0.25) is 14.2 Å². The molecule has 5 rings (SSSR count). The molecule has 3 N–H and O–H groups in total. The van der Waals surface area contributed by atoms with Gasteiger partial charge in [0.15, 0.2) is 5.16 Å². The average Bonchev–Trinajstić information content (AvgIpc) is 3.52. The summed E-state index contributed by atoms with van der Waals surface area (Å²) in [6.07, 6.45) is 5.60. The summed E-state index contributed by atoms with van der Waals surface area (Å²) in [5.41, 5.74) is 1.29. The fourth-order valence-corrected chi connectivity index (χ4v) is 7.55. The molecule has 2 saturated carbocycles. The number of aromatic nitrogens is 2. The maximum Gasteiger partial charge on any atom is 0.262 e. The number of primary sulfonamides is 1. The van der Waals surface area contributed by atoms with E-state index in [0.29, 0.717) is 34.9 Å². The van der Waals surface area contributed by atoms with E-state index in [1.165, 1.54) is 49.6 Å². The van der Waals surface area contributed by atoms with Crippen LogP contribution >= 0.6 is 11.8 Å². The lowest BCUT2D eigenvalue weighted by molar-refractivity contribution is -0.121. The van der Waals surface area contributed by atoms with Gasteiger partial charge in [0.2, 0.25) is 15.9 Å². The number of hydrogen-bond donors (Lipinski definition) is 2. The van der Waals surface area contributed by atoms with E-state index in [-0.39, 0.29) is 22.4 Å². The molecule has 0 saturated heterocycles. The number of fused-ring (bicyclic) bond motifs is 3. The number of amides is 1. The van der Waals surface area contributed by atoms with Gasteiger partial charge in [0.1, 0.15) is 0 Å². The Balaban J connectivity index is 1.33. The Labute approximate surface area is 227 Å². The highest BCUT2D eigenvalue weighted by molar-refractivity contribution is 8.00. The maximum atomic E-state index is 13.4. The first-order chi connectivity index (χ1) is 18.1. The molecule has 8 nitrogen and oxygen atoms in total. The third-order valence-corrected chi connectivity index (χ3v) is 10.2. The minimum Gasteiger partial charge on any atom is -0.352 e. The van der Waals surface area contributed by atoms with E-state index in [1.54, 1.807) is 28.8 Å². The highest BCUT2D eigenvalue weighted by atomic mass is 32.2. The highest BCUT2D eigenvalue weighted by Crippen LogP contribution is 2.49. The molecule has 1 heterocycles. The molecule has 202 valence electrons. The van der Waals surface area contributed by atoms with E-state index in [9.17, 15) is 18.0 Å². The van der Waals surface area contributed by atoms with Crippen molar-refractivity contribution in [2.24, 2.45) is 22.9 Å². The number of sulfonamides is 1. The van der Waals surface area contributed by atoms with Crippen molar-refractivity contribution < 1.29 is 13.2 Å². The zero-order valence-electron chi connectivity index (χ0n) is 21.7. The summed E-state index contributed by atoms with van der Waals surface area (Å²) in [4.78, 5) is 31.4. The number of para-hydroxylation sites is 1. The van der Waals surface area contributed by atoms with Crippen LogP contribution in [0.4, 0.5) is 0 Å². The van der Waals surface area contributed by atoms with E-state index in [0.717, 1.165) is 17.4 Å². The predicted molar refractivity (Wildman–Crippen MR) is 149 cm³/mol. The second-order valence-corrected chi connectivity index (χ2v) is 13.6. The van der Waals surface area contributed by atoms with Crippen molar-refractivity contribution in [1.29, 1.82) is 0 Å². The largest absolute Gasteiger partial charge is 0.352 e.